The molecule has 2 aromatic carbocycles. The topological polar surface area (TPSA) is 103 Å². The Kier molecular flexibility index (Phi) is 5.62. The van der Waals surface area contributed by atoms with Gasteiger partial charge in [-0.25, -0.2) is 0 Å². The molecule has 3 heterocycles. The van der Waals surface area contributed by atoms with Crippen LogP contribution in [0.25, 0.3) is 6.08 Å². The number of allylic oxidation sites excluding steroid dienone is 1. The van der Waals surface area contributed by atoms with Crippen LogP contribution in [0.4, 0.5) is 0 Å². The van der Waals surface area contributed by atoms with Gasteiger partial charge in [0, 0.05) is 6.08 Å². The third kappa shape index (κ3) is 4.06. The Labute approximate surface area is 200 Å². The zero-order valence-corrected chi connectivity index (χ0v) is 19.1. The Morgan fingerprint density at radius 2 is 2.03 bits per heavy atom. The molecule has 1 amide bonds. The van der Waals surface area contributed by atoms with Crippen molar-refractivity contribution >= 4 is 35.3 Å². The number of hydrogen-bond donors (Lipinski definition) is 1. The summed E-state index contributed by atoms with van der Waals surface area (Å²) in [6.45, 7) is 4.38. The van der Waals surface area contributed by atoms with Crippen molar-refractivity contribution in [2.45, 2.75) is 20.5 Å². The van der Waals surface area contributed by atoms with Crippen molar-refractivity contribution in [2.24, 2.45) is 4.99 Å². The highest BCUT2D eigenvalue weighted by molar-refractivity contribution is 6.33. The number of rotatable bonds is 6. The lowest BCUT2D eigenvalue weighted by atomic mass is 10.1. The summed E-state index contributed by atoms with van der Waals surface area (Å²) in [5.41, 5.74) is 1.50. The molecule has 0 bridgehead atoms. The number of aliphatic imine (C=N–C) groups is 1. The molecule has 174 valence electrons. The van der Waals surface area contributed by atoms with E-state index in [9.17, 15) is 4.79 Å². The standard InChI is InChI=1S/C24H20ClN3O6/c1-3-30-20-10-15(7-16-23(26)28-21(27-24(16)29)6-13(2)34-28)8-17(25)22(20)31-11-14-4-5-18-19(9-14)33-12-32-18/h4-10,26H,3,11-12H2,1-2H3/b16-7-,26-23?. The van der Waals surface area contributed by atoms with Crippen molar-refractivity contribution < 1.29 is 28.6 Å². The smallest absolute Gasteiger partial charge is 0.282 e. The maximum atomic E-state index is 12.5. The molecule has 1 N–H and O–H groups in total. The molecule has 0 atom stereocenters. The lowest BCUT2D eigenvalue weighted by Crippen LogP contribution is -2.38. The molecule has 9 nitrogen and oxygen atoms in total. The summed E-state index contributed by atoms with van der Waals surface area (Å²) >= 11 is 6.54. The van der Waals surface area contributed by atoms with Crippen molar-refractivity contribution in [3.05, 3.63) is 63.9 Å². The molecule has 10 heteroatoms. The van der Waals surface area contributed by atoms with E-state index >= 15 is 0 Å². The summed E-state index contributed by atoms with van der Waals surface area (Å²) in [5.74, 6) is 2.32. The molecule has 5 rings (SSSR count). The van der Waals surface area contributed by atoms with E-state index in [0.717, 1.165) is 5.56 Å². The summed E-state index contributed by atoms with van der Waals surface area (Å²) < 4.78 is 22.5. The van der Waals surface area contributed by atoms with Crippen LogP contribution in [-0.2, 0) is 16.2 Å². The minimum atomic E-state index is -0.539. The lowest BCUT2D eigenvalue weighted by Gasteiger charge is -2.23. The SMILES string of the molecule is CCOc1cc(/C=C2/C(=N)N3OC(C)=CC3=NC2=O)cc(Cl)c1OCc1ccc2c(c1)OCO2. The van der Waals surface area contributed by atoms with E-state index in [0.29, 0.717) is 46.0 Å². The Morgan fingerprint density at radius 3 is 2.85 bits per heavy atom. The van der Waals surface area contributed by atoms with E-state index in [4.69, 9.17) is 40.8 Å². The van der Waals surface area contributed by atoms with Crippen LogP contribution in [0.2, 0.25) is 5.02 Å². The normalized spacial score (nSPS) is 17.4. The Balaban J connectivity index is 1.41. The van der Waals surface area contributed by atoms with Crippen molar-refractivity contribution in [2.75, 3.05) is 13.4 Å². The van der Waals surface area contributed by atoms with Gasteiger partial charge in [-0.05, 0) is 55.3 Å². The number of carbonyl (C=O) groups excluding carboxylic acids is 1. The maximum absolute atomic E-state index is 12.5. The Morgan fingerprint density at radius 1 is 1.21 bits per heavy atom. The number of nitrogens with one attached hydrogen (secondary N) is 1. The second-order valence-corrected chi connectivity index (χ2v) is 7.97. The van der Waals surface area contributed by atoms with Gasteiger partial charge in [0.15, 0.2) is 34.7 Å². The number of amides is 1. The number of amidine groups is 2. The van der Waals surface area contributed by atoms with E-state index in [1.807, 2.05) is 25.1 Å². The zero-order chi connectivity index (χ0) is 23.8. The molecule has 0 saturated carbocycles. The lowest BCUT2D eigenvalue weighted by molar-refractivity contribution is -0.114. The van der Waals surface area contributed by atoms with Gasteiger partial charge in [0.1, 0.15) is 12.4 Å². The van der Waals surface area contributed by atoms with Gasteiger partial charge < -0.3 is 23.8 Å². The van der Waals surface area contributed by atoms with Crippen LogP contribution < -0.4 is 18.9 Å². The molecule has 34 heavy (non-hydrogen) atoms. The number of hydrogen-bond acceptors (Lipinski definition) is 7. The predicted octanol–water partition coefficient (Wildman–Crippen LogP) is 4.50. The number of carbonyl (C=O) groups is 1. The van der Waals surface area contributed by atoms with Crippen LogP contribution in [0.3, 0.4) is 0 Å². The first-order chi connectivity index (χ1) is 16.4. The van der Waals surface area contributed by atoms with Crippen molar-refractivity contribution in [3.63, 3.8) is 0 Å². The van der Waals surface area contributed by atoms with Gasteiger partial charge in [0.2, 0.25) is 6.79 Å². The number of fused-ring (bicyclic) bond motifs is 2. The Hall–Kier alpha value is -3.98. The number of nitrogens with zero attached hydrogens (tertiary/aromatic N) is 2. The van der Waals surface area contributed by atoms with Crippen molar-refractivity contribution in [1.29, 1.82) is 5.41 Å². The molecule has 0 unspecified atom stereocenters. The van der Waals surface area contributed by atoms with E-state index < -0.39 is 5.91 Å². The fourth-order valence-electron chi connectivity index (χ4n) is 3.63. The highest BCUT2D eigenvalue weighted by Gasteiger charge is 2.34. The molecule has 3 aliphatic rings. The van der Waals surface area contributed by atoms with Gasteiger partial charge in [0.05, 0.1) is 17.2 Å². The molecule has 0 aliphatic carbocycles. The van der Waals surface area contributed by atoms with Crippen LogP contribution >= 0.6 is 11.6 Å². The van der Waals surface area contributed by atoms with Gasteiger partial charge in [-0.15, -0.1) is 5.06 Å². The fourth-order valence-corrected chi connectivity index (χ4v) is 3.90. The van der Waals surface area contributed by atoms with Crippen LogP contribution in [-0.4, -0.2) is 36.0 Å². The third-order valence-electron chi connectivity index (χ3n) is 5.14. The van der Waals surface area contributed by atoms with Crippen LogP contribution in [0.15, 0.2) is 52.7 Å². The first kappa shape index (κ1) is 21.8. The summed E-state index contributed by atoms with van der Waals surface area (Å²) in [5, 5.41) is 9.88. The summed E-state index contributed by atoms with van der Waals surface area (Å²) in [6.07, 6.45) is 3.12. The van der Waals surface area contributed by atoms with E-state index in [1.54, 1.807) is 25.1 Å². The molecule has 3 aliphatic heterocycles. The second-order valence-electron chi connectivity index (χ2n) is 7.56. The molecule has 0 aromatic heterocycles. The van der Waals surface area contributed by atoms with Crippen LogP contribution in [0.1, 0.15) is 25.0 Å². The van der Waals surface area contributed by atoms with Gasteiger partial charge >= 0.3 is 0 Å². The van der Waals surface area contributed by atoms with Gasteiger partial charge in [0.25, 0.3) is 5.91 Å². The highest BCUT2D eigenvalue weighted by Crippen LogP contribution is 2.39. The van der Waals surface area contributed by atoms with Gasteiger partial charge in [-0.1, -0.05) is 17.7 Å². The number of ether oxygens (including phenoxy) is 4. The third-order valence-corrected chi connectivity index (χ3v) is 5.42. The largest absolute Gasteiger partial charge is 0.490 e. The number of hydroxylamine groups is 2. The fraction of sp³-hybridized carbons (Fsp3) is 0.208. The molecule has 0 fully saturated rings. The molecule has 0 spiro atoms. The minimum absolute atomic E-state index is 0.0689. The second kappa shape index (κ2) is 8.75. The minimum Gasteiger partial charge on any atom is -0.490 e. The van der Waals surface area contributed by atoms with Gasteiger partial charge in [-0.3, -0.25) is 10.2 Å². The van der Waals surface area contributed by atoms with Crippen molar-refractivity contribution in [1.82, 2.24) is 5.06 Å². The average Bonchev–Trinajstić information content (AvgIpc) is 3.42. The average molecular weight is 482 g/mol. The number of halogens is 1. The first-order valence-corrected chi connectivity index (χ1v) is 10.9. The highest BCUT2D eigenvalue weighted by atomic mass is 35.5. The number of benzene rings is 2. The Bertz CT molecular complexity index is 1300. The summed E-state index contributed by atoms with van der Waals surface area (Å²) in [7, 11) is 0. The maximum Gasteiger partial charge on any atom is 0.282 e. The van der Waals surface area contributed by atoms with Crippen LogP contribution in [0, 0.1) is 5.41 Å². The molecule has 0 saturated heterocycles. The summed E-state index contributed by atoms with van der Waals surface area (Å²) in [6, 6.07) is 8.90. The van der Waals surface area contributed by atoms with E-state index in [2.05, 4.69) is 4.99 Å². The quantitative estimate of drug-likeness (QED) is 0.606. The zero-order valence-electron chi connectivity index (χ0n) is 18.4. The molecular weight excluding hydrogens is 462 g/mol. The molecule has 2 aromatic rings. The summed E-state index contributed by atoms with van der Waals surface area (Å²) in [4.78, 5) is 22.0. The molecule has 0 radical (unpaired) electrons. The monoisotopic (exact) mass is 481 g/mol. The first-order valence-electron chi connectivity index (χ1n) is 10.5. The van der Waals surface area contributed by atoms with Crippen LogP contribution in [0.5, 0.6) is 23.0 Å². The van der Waals surface area contributed by atoms with E-state index in [-0.39, 0.29) is 30.6 Å². The van der Waals surface area contributed by atoms with E-state index in [1.165, 1.54) is 11.1 Å². The van der Waals surface area contributed by atoms with Crippen molar-refractivity contribution in [3.8, 4) is 23.0 Å². The predicted molar refractivity (Wildman–Crippen MR) is 124 cm³/mol. The van der Waals surface area contributed by atoms with Gasteiger partial charge in [-0.2, -0.15) is 4.99 Å². The molecular formula is C24H20ClN3O6.